The van der Waals surface area contributed by atoms with Gasteiger partial charge in [0.25, 0.3) is 0 Å². The molecule has 0 fully saturated rings. The molecular weight excluding hydrogens is 344 g/mol. The summed E-state index contributed by atoms with van der Waals surface area (Å²) in [7, 11) is 0. The Morgan fingerprint density at radius 1 is 1.04 bits per heavy atom. The molecule has 0 saturated heterocycles. The first-order valence-corrected chi connectivity index (χ1v) is 7.79. The predicted molar refractivity (Wildman–Crippen MR) is 91.0 cm³/mol. The van der Waals surface area contributed by atoms with E-state index in [0.717, 1.165) is 5.56 Å². The van der Waals surface area contributed by atoms with Crippen LogP contribution in [0.5, 0.6) is 5.75 Å². The second kappa shape index (κ2) is 9.99. The van der Waals surface area contributed by atoms with Crippen molar-refractivity contribution in [2.75, 3.05) is 13.1 Å². The quantitative estimate of drug-likeness (QED) is 0.296. The van der Waals surface area contributed by atoms with Gasteiger partial charge >= 0.3 is 5.97 Å². The molecule has 0 aliphatic heterocycles. The summed E-state index contributed by atoms with van der Waals surface area (Å²) in [5.41, 5.74) is 6.50. The summed E-state index contributed by atoms with van der Waals surface area (Å²) in [5.74, 6) is -2.92. The molecule has 0 aliphatic carbocycles. The van der Waals surface area contributed by atoms with Crippen molar-refractivity contribution in [1.29, 1.82) is 0 Å². The van der Waals surface area contributed by atoms with Crippen LogP contribution >= 0.6 is 0 Å². The second-order valence-corrected chi connectivity index (χ2v) is 5.60. The van der Waals surface area contributed by atoms with Crippen molar-refractivity contribution >= 4 is 23.7 Å². The van der Waals surface area contributed by atoms with E-state index in [1.165, 1.54) is 19.1 Å². The van der Waals surface area contributed by atoms with Crippen LogP contribution in [-0.4, -0.2) is 59.1 Å². The highest BCUT2D eigenvalue weighted by atomic mass is 16.4. The number of carboxylic acid groups (broad SMARTS) is 1. The largest absolute Gasteiger partial charge is 0.508 e. The number of amides is 3. The van der Waals surface area contributed by atoms with Gasteiger partial charge in [-0.15, -0.1) is 0 Å². The van der Waals surface area contributed by atoms with Crippen molar-refractivity contribution in [1.82, 2.24) is 16.0 Å². The van der Waals surface area contributed by atoms with Crippen molar-refractivity contribution < 1.29 is 29.4 Å². The van der Waals surface area contributed by atoms with Gasteiger partial charge in [0.1, 0.15) is 11.8 Å². The van der Waals surface area contributed by atoms with Crippen LogP contribution in [0.2, 0.25) is 0 Å². The molecule has 0 aliphatic rings. The highest BCUT2D eigenvalue weighted by molar-refractivity contribution is 5.90. The number of aliphatic carboxylic acids is 1. The number of rotatable bonds is 9. The minimum atomic E-state index is -1.19. The van der Waals surface area contributed by atoms with Crippen LogP contribution in [0.3, 0.4) is 0 Å². The topological polar surface area (TPSA) is 171 Å². The average molecular weight is 366 g/mol. The molecule has 10 heteroatoms. The van der Waals surface area contributed by atoms with Gasteiger partial charge in [-0.2, -0.15) is 0 Å². The number of carboxylic acids is 1. The third-order valence-corrected chi connectivity index (χ3v) is 3.35. The molecule has 1 rings (SSSR count). The molecule has 10 nitrogen and oxygen atoms in total. The first-order chi connectivity index (χ1) is 12.2. The monoisotopic (exact) mass is 366 g/mol. The number of carbonyl (C=O) groups is 4. The number of hydrogen-bond donors (Lipinski definition) is 6. The number of benzene rings is 1. The van der Waals surface area contributed by atoms with Gasteiger partial charge in [0, 0.05) is 0 Å². The van der Waals surface area contributed by atoms with E-state index in [4.69, 9.17) is 10.8 Å². The SMILES string of the molecule is CC(NC(=O)CNC(=O)CNC(=O)C(N)Cc1ccc(O)cc1)C(=O)O. The first-order valence-electron chi connectivity index (χ1n) is 7.79. The average Bonchev–Trinajstić information content (AvgIpc) is 2.59. The fourth-order valence-electron chi connectivity index (χ4n) is 1.87. The summed E-state index contributed by atoms with van der Waals surface area (Å²) in [4.78, 5) is 45.5. The fourth-order valence-corrected chi connectivity index (χ4v) is 1.87. The summed E-state index contributed by atoms with van der Waals surface area (Å²) in [6, 6.07) is 4.26. The zero-order valence-corrected chi connectivity index (χ0v) is 14.2. The van der Waals surface area contributed by atoms with Crippen molar-refractivity contribution in [2.45, 2.75) is 25.4 Å². The van der Waals surface area contributed by atoms with E-state index in [9.17, 15) is 24.3 Å². The molecule has 1 aromatic carbocycles. The van der Waals surface area contributed by atoms with E-state index in [1.54, 1.807) is 12.1 Å². The number of carbonyl (C=O) groups excluding carboxylic acids is 3. The van der Waals surface area contributed by atoms with Crippen LogP contribution in [-0.2, 0) is 25.6 Å². The zero-order valence-electron chi connectivity index (χ0n) is 14.2. The molecule has 1 aromatic rings. The van der Waals surface area contributed by atoms with Gasteiger partial charge in [0.2, 0.25) is 17.7 Å². The maximum absolute atomic E-state index is 11.9. The molecule has 0 saturated carbocycles. The molecule has 7 N–H and O–H groups in total. The van der Waals surface area contributed by atoms with Gasteiger partial charge in [-0.3, -0.25) is 19.2 Å². The van der Waals surface area contributed by atoms with E-state index in [1.807, 2.05) is 0 Å². The minimum Gasteiger partial charge on any atom is -0.508 e. The van der Waals surface area contributed by atoms with Crippen molar-refractivity contribution in [3.8, 4) is 5.75 Å². The Bertz CT molecular complexity index is 661. The van der Waals surface area contributed by atoms with Gasteiger partial charge in [0.15, 0.2) is 0 Å². The summed E-state index contributed by atoms with van der Waals surface area (Å²) in [6.45, 7) is 0.507. The maximum atomic E-state index is 11.9. The smallest absolute Gasteiger partial charge is 0.325 e. The Morgan fingerprint density at radius 2 is 1.62 bits per heavy atom. The molecule has 0 radical (unpaired) electrons. The summed E-state index contributed by atoms with van der Waals surface area (Å²) in [6.07, 6.45) is 0.225. The Hall–Kier alpha value is -3.14. The molecule has 142 valence electrons. The van der Waals surface area contributed by atoms with Crippen LogP contribution < -0.4 is 21.7 Å². The Balaban J connectivity index is 2.30. The van der Waals surface area contributed by atoms with E-state index >= 15 is 0 Å². The van der Waals surface area contributed by atoms with Crippen LogP contribution in [0.25, 0.3) is 0 Å². The van der Waals surface area contributed by atoms with Gasteiger partial charge in [0.05, 0.1) is 19.1 Å². The van der Waals surface area contributed by atoms with Crippen molar-refractivity contribution in [2.24, 2.45) is 5.73 Å². The van der Waals surface area contributed by atoms with Gasteiger partial charge in [-0.1, -0.05) is 12.1 Å². The van der Waals surface area contributed by atoms with Crippen LogP contribution in [0.1, 0.15) is 12.5 Å². The number of nitrogens with two attached hydrogens (primary N) is 1. The number of hydrogen-bond acceptors (Lipinski definition) is 6. The molecule has 2 unspecified atom stereocenters. The lowest BCUT2D eigenvalue weighted by atomic mass is 10.1. The molecule has 26 heavy (non-hydrogen) atoms. The summed E-state index contributed by atoms with van der Waals surface area (Å²) < 4.78 is 0. The van der Waals surface area contributed by atoms with Gasteiger partial charge < -0.3 is 31.9 Å². The summed E-state index contributed by atoms with van der Waals surface area (Å²) in [5, 5.41) is 24.6. The van der Waals surface area contributed by atoms with Gasteiger partial charge in [-0.05, 0) is 31.0 Å². The predicted octanol–water partition coefficient (Wildman–Crippen LogP) is -1.92. The van der Waals surface area contributed by atoms with E-state index in [-0.39, 0.29) is 18.7 Å². The minimum absolute atomic E-state index is 0.102. The van der Waals surface area contributed by atoms with Crippen LogP contribution in [0, 0.1) is 0 Å². The van der Waals surface area contributed by atoms with Crippen molar-refractivity contribution in [3.05, 3.63) is 29.8 Å². The number of phenolic OH excluding ortho intramolecular Hbond substituents is 1. The third-order valence-electron chi connectivity index (χ3n) is 3.35. The van der Waals surface area contributed by atoms with E-state index < -0.39 is 42.3 Å². The highest BCUT2D eigenvalue weighted by Crippen LogP contribution is 2.10. The number of phenols is 1. The van der Waals surface area contributed by atoms with Crippen molar-refractivity contribution in [3.63, 3.8) is 0 Å². The standard InChI is InChI=1S/C16H22N4O6/c1-9(16(25)26)20-14(23)8-18-13(22)7-19-15(24)12(17)6-10-2-4-11(21)5-3-10/h2-5,9,12,21H,6-8,17H2,1H3,(H,18,22)(H,19,24)(H,20,23)(H,25,26). The molecule has 0 heterocycles. The number of aromatic hydroxyl groups is 1. The lowest BCUT2D eigenvalue weighted by Gasteiger charge is -2.13. The second-order valence-electron chi connectivity index (χ2n) is 5.60. The molecule has 2 atom stereocenters. The maximum Gasteiger partial charge on any atom is 0.325 e. The molecule has 0 spiro atoms. The van der Waals surface area contributed by atoms with E-state index in [0.29, 0.717) is 0 Å². The fraction of sp³-hybridized carbons (Fsp3) is 0.375. The Labute approximate surface area is 149 Å². The first kappa shape index (κ1) is 20.9. The molecular formula is C16H22N4O6. The highest BCUT2D eigenvalue weighted by Gasteiger charge is 2.16. The van der Waals surface area contributed by atoms with Crippen LogP contribution in [0.4, 0.5) is 0 Å². The molecule has 0 aromatic heterocycles. The third kappa shape index (κ3) is 7.62. The lowest BCUT2D eigenvalue weighted by Crippen LogP contribution is -2.48. The molecule has 3 amide bonds. The normalized spacial score (nSPS) is 12.5. The van der Waals surface area contributed by atoms with E-state index in [2.05, 4.69) is 16.0 Å². The zero-order chi connectivity index (χ0) is 19.7. The number of nitrogens with one attached hydrogen (secondary N) is 3. The lowest BCUT2D eigenvalue weighted by molar-refractivity contribution is -0.141. The Kier molecular flexibility index (Phi) is 8.03. The summed E-state index contributed by atoms with van der Waals surface area (Å²) >= 11 is 0. The van der Waals surface area contributed by atoms with Gasteiger partial charge in [-0.25, -0.2) is 0 Å². The molecule has 0 bridgehead atoms. The Morgan fingerprint density at radius 3 is 2.19 bits per heavy atom. The van der Waals surface area contributed by atoms with Crippen LogP contribution in [0.15, 0.2) is 24.3 Å².